The highest BCUT2D eigenvalue weighted by Gasteiger charge is 2.12. The third kappa shape index (κ3) is 2.52. The van der Waals surface area contributed by atoms with E-state index < -0.39 is 0 Å². The summed E-state index contributed by atoms with van der Waals surface area (Å²) >= 11 is 1.38. The average molecular weight is 236 g/mol. The average Bonchev–Trinajstić information content (AvgIpc) is 2.89. The van der Waals surface area contributed by atoms with Gasteiger partial charge in [0.2, 0.25) is 0 Å². The molecule has 0 aromatic carbocycles. The van der Waals surface area contributed by atoms with Crippen LogP contribution in [-0.2, 0) is 0 Å². The number of nitriles is 1. The third-order valence-electron chi connectivity index (χ3n) is 2.89. The minimum atomic E-state index is 0.700. The van der Waals surface area contributed by atoms with Crippen molar-refractivity contribution in [2.75, 3.05) is 31.5 Å². The molecular formula is C11H16N4S. The molecule has 0 unspecified atom stereocenters. The molecule has 2 heterocycles. The summed E-state index contributed by atoms with van der Waals surface area (Å²) < 4.78 is 4.18. The molecule has 1 aromatic heterocycles. The van der Waals surface area contributed by atoms with Crippen molar-refractivity contribution in [1.29, 1.82) is 5.26 Å². The lowest BCUT2D eigenvalue weighted by molar-refractivity contribution is 0.353. The number of aryl methyl sites for hydroxylation is 1. The number of hydrogen-bond acceptors (Lipinski definition) is 5. The molecule has 0 radical (unpaired) electrons. The molecule has 1 aromatic rings. The predicted octanol–water partition coefficient (Wildman–Crippen LogP) is 1.83. The van der Waals surface area contributed by atoms with E-state index in [2.05, 4.69) is 20.7 Å². The van der Waals surface area contributed by atoms with Crippen LogP contribution in [0.3, 0.4) is 0 Å². The molecule has 4 nitrogen and oxygen atoms in total. The zero-order chi connectivity index (χ0) is 11.4. The van der Waals surface area contributed by atoms with Crippen molar-refractivity contribution in [3.63, 3.8) is 0 Å². The normalized spacial score (nSPS) is 16.2. The molecule has 0 saturated carbocycles. The molecule has 1 aliphatic rings. The van der Waals surface area contributed by atoms with Crippen molar-refractivity contribution >= 4 is 16.5 Å². The van der Waals surface area contributed by atoms with Gasteiger partial charge in [0, 0.05) is 13.1 Å². The quantitative estimate of drug-likeness (QED) is 0.866. The van der Waals surface area contributed by atoms with E-state index in [0.29, 0.717) is 5.56 Å². The molecule has 1 saturated heterocycles. The van der Waals surface area contributed by atoms with E-state index in [1.54, 1.807) is 0 Å². The molecule has 86 valence electrons. The Kier molecular flexibility index (Phi) is 3.75. The van der Waals surface area contributed by atoms with Crippen LogP contribution in [0.5, 0.6) is 0 Å². The summed E-state index contributed by atoms with van der Waals surface area (Å²) in [6, 6.07) is 2.19. The van der Waals surface area contributed by atoms with Crippen molar-refractivity contribution in [2.24, 2.45) is 0 Å². The number of nitrogens with one attached hydrogen (secondary N) is 1. The van der Waals surface area contributed by atoms with Gasteiger partial charge in [0.15, 0.2) is 0 Å². The summed E-state index contributed by atoms with van der Waals surface area (Å²) in [6.45, 7) is 6.27. The Morgan fingerprint density at radius 1 is 1.50 bits per heavy atom. The lowest BCUT2D eigenvalue weighted by Gasteiger charge is -2.14. The first-order chi connectivity index (χ1) is 7.81. The van der Waals surface area contributed by atoms with Gasteiger partial charge in [0.05, 0.1) is 5.69 Å². The maximum absolute atomic E-state index is 8.97. The molecule has 0 atom stereocenters. The van der Waals surface area contributed by atoms with Gasteiger partial charge in [0.1, 0.15) is 16.6 Å². The van der Waals surface area contributed by atoms with Crippen molar-refractivity contribution in [2.45, 2.75) is 19.8 Å². The van der Waals surface area contributed by atoms with Crippen molar-refractivity contribution in [3.8, 4) is 6.07 Å². The second kappa shape index (κ2) is 5.28. The molecule has 0 amide bonds. The number of hydrogen-bond donors (Lipinski definition) is 1. The second-order valence-electron chi connectivity index (χ2n) is 4.06. The standard InChI is InChI=1S/C11H16N4S/c1-9-10(8-12)11(16-14-9)13-4-7-15-5-2-3-6-15/h13H,2-7H2,1H3. The number of anilines is 1. The minimum Gasteiger partial charge on any atom is -0.373 e. The Morgan fingerprint density at radius 3 is 2.94 bits per heavy atom. The van der Waals surface area contributed by atoms with Crippen molar-refractivity contribution in [1.82, 2.24) is 9.27 Å². The summed E-state index contributed by atoms with van der Waals surface area (Å²) in [5.41, 5.74) is 1.53. The fraction of sp³-hybridized carbons (Fsp3) is 0.636. The Morgan fingerprint density at radius 2 is 2.25 bits per heavy atom. The third-order valence-corrected chi connectivity index (χ3v) is 3.78. The van der Waals surface area contributed by atoms with Gasteiger partial charge in [-0.25, -0.2) is 0 Å². The summed E-state index contributed by atoms with van der Waals surface area (Å²) in [7, 11) is 0. The van der Waals surface area contributed by atoms with Crippen LogP contribution in [0.25, 0.3) is 0 Å². The zero-order valence-electron chi connectivity index (χ0n) is 9.49. The van der Waals surface area contributed by atoms with Crippen LogP contribution in [0.2, 0.25) is 0 Å². The lowest BCUT2D eigenvalue weighted by Crippen LogP contribution is -2.25. The maximum atomic E-state index is 8.97. The smallest absolute Gasteiger partial charge is 0.127 e. The van der Waals surface area contributed by atoms with E-state index in [0.717, 1.165) is 23.8 Å². The second-order valence-corrected chi connectivity index (χ2v) is 4.83. The van der Waals surface area contributed by atoms with E-state index >= 15 is 0 Å². The van der Waals surface area contributed by atoms with Crippen LogP contribution in [0.15, 0.2) is 0 Å². The van der Waals surface area contributed by atoms with Gasteiger partial charge >= 0.3 is 0 Å². The maximum Gasteiger partial charge on any atom is 0.127 e. The van der Waals surface area contributed by atoms with E-state index in [9.17, 15) is 0 Å². The Hall–Kier alpha value is -1.12. The molecule has 2 rings (SSSR count). The highest BCUT2D eigenvalue weighted by Crippen LogP contribution is 2.22. The van der Waals surface area contributed by atoms with E-state index in [-0.39, 0.29) is 0 Å². The first-order valence-electron chi connectivity index (χ1n) is 5.64. The molecule has 5 heteroatoms. The SMILES string of the molecule is Cc1nsc(NCCN2CCCC2)c1C#N. The molecule has 0 bridgehead atoms. The Balaban J connectivity index is 1.82. The van der Waals surface area contributed by atoms with Crippen molar-refractivity contribution < 1.29 is 0 Å². The summed E-state index contributed by atoms with van der Waals surface area (Å²) in [4.78, 5) is 2.45. The van der Waals surface area contributed by atoms with Gasteiger partial charge in [-0.15, -0.1) is 0 Å². The zero-order valence-corrected chi connectivity index (χ0v) is 10.3. The molecule has 16 heavy (non-hydrogen) atoms. The summed E-state index contributed by atoms with van der Waals surface area (Å²) in [6.07, 6.45) is 2.65. The van der Waals surface area contributed by atoms with Gasteiger partial charge in [-0.1, -0.05) is 0 Å². The largest absolute Gasteiger partial charge is 0.373 e. The van der Waals surface area contributed by atoms with Crippen LogP contribution < -0.4 is 5.32 Å². The van der Waals surface area contributed by atoms with E-state index in [4.69, 9.17) is 5.26 Å². The van der Waals surface area contributed by atoms with Crippen LogP contribution in [-0.4, -0.2) is 35.5 Å². The monoisotopic (exact) mass is 236 g/mol. The molecule has 0 aliphatic carbocycles. The van der Waals surface area contributed by atoms with Gasteiger partial charge in [-0.2, -0.15) is 9.64 Å². The van der Waals surface area contributed by atoms with E-state index in [1.165, 1.54) is 37.5 Å². The molecule has 1 N–H and O–H groups in total. The van der Waals surface area contributed by atoms with Gasteiger partial charge in [-0.3, -0.25) is 0 Å². The fourth-order valence-corrected chi connectivity index (χ4v) is 2.73. The highest BCUT2D eigenvalue weighted by atomic mass is 32.1. The topological polar surface area (TPSA) is 52.0 Å². The van der Waals surface area contributed by atoms with Crippen LogP contribution >= 0.6 is 11.5 Å². The van der Waals surface area contributed by atoms with Crippen molar-refractivity contribution in [3.05, 3.63) is 11.3 Å². The van der Waals surface area contributed by atoms with Gasteiger partial charge < -0.3 is 10.2 Å². The molecular weight excluding hydrogens is 220 g/mol. The first-order valence-corrected chi connectivity index (χ1v) is 6.41. The predicted molar refractivity (Wildman–Crippen MR) is 65.7 cm³/mol. The summed E-state index contributed by atoms with van der Waals surface area (Å²) in [5, 5.41) is 13.2. The minimum absolute atomic E-state index is 0.700. The first kappa shape index (κ1) is 11.4. The summed E-state index contributed by atoms with van der Waals surface area (Å²) in [5.74, 6) is 0. The number of nitrogens with zero attached hydrogens (tertiary/aromatic N) is 3. The van der Waals surface area contributed by atoms with E-state index in [1.807, 2.05) is 6.92 Å². The molecule has 1 fully saturated rings. The number of likely N-dealkylation sites (tertiary alicyclic amines) is 1. The van der Waals surface area contributed by atoms with Gasteiger partial charge in [-0.05, 0) is 44.4 Å². The van der Waals surface area contributed by atoms with Crippen LogP contribution in [0.4, 0.5) is 5.00 Å². The Bertz CT molecular complexity index is 387. The fourth-order valence-electron chi connectivity index (χ4n) is 1.96. The number of aromatic nitrogens is 1. The van der Waals surface area contributed by atoms with Crippen LogP contribution in [0, 0.1) is 18.3 Å². The molecule has 1 aliphatic heterocycles. The Labute approximate surface area is 100 Å². The highest BCUT2D eigenvalue weighted by molar-refractivity contribution is 7.10. The number of rotatable bonds is 4. The van der Waals surface area contributed by atoms with Crippen LogP contribution in [0.1, 0.15) is 24.1 Å². The lowest BCUT2D eigenvalue weighted by atomic mass is 10.3. The van der Waals surface area contributed by atoms with Gasteiger partial charge in [0.25, 0.3) is 0 Å². The molecule has 0 spiro atoms.